The zero-order valence-corrected chi connectivity index (χ0v) is 16.0. The zero-order valence-electron chi connectivity index (χ0n) is 15.2. The number of aromatic nitrogens is 3. The Hall–Kier alpha value is -2.28. The fourth-order valence-corrected chi connectivity index (χ4v) is 3.33. The van der Waals surface area contributed by atoms with E-state index in [1.807, 2.05) is 33.0 Å². The third kappa shape index (κ3) is 4.22. The molecule has 1 N–H and O–H groups in total. The molecule has 25 heavy (non-hydrogen) atoms. The molecule has 0 saturated carbocycles. The standard InChI is InChI=1S/C18H24N6S/c1-12-9-13(2)20-16(10-12)22-18(25)24-7-5-23(6-8-24)17-15(4)19-11-14(3)21-17/h9-11H,5-8H2,1-4H3,(H,20,22,25). The summed E-state index contributed by atoms with van der Waals surface area (Å²) < 4.78 is 0. The zero-order chi connectivity index (χ0) is 18.0. The van der Waals surface area contributed by atoms with Crippen molar-refractivity contribution in [1.29, 1.82) is 0 Å². The van der Waals surface area contributed by atoms with Crippen LogP contribution in [0.25, 0.3) is 0 Å². The first-order valence-corrected chi connectivity index (χ1v) is 8.89. The second-order valence-corrected chi connectivity index (χ2v) is 6.88. The Bertz CT molecular complexity index is 763. The third-order valence-electron chi connectivity index (χ3n) is 4.25. The molecule has 3 rings (SSSR count). The van der Waals surface area contributed by atoms with Gasteiger partial charge in [0, 0.05) is 38.1 Å². The third-order valence-corrected chi connectivity index (χ3v) is 4.61. The van der Waals surface area contributed by atoms with E-state index in [4.69, 9.17) is 12.2 Å². The molecule has 0 amide bonds. The molecule has 2 aromatic rings. The van der Waals surface area contributed by atoms with Crippen LogP contribution in [0.5, 0.6) is 0 Å². The van der Waals surface area contributed by atoms with E-state index in [-0.39, 0.29) is 0 Å². The van der Waals surface area contributed by atoms with E-state index >= 15 is 0 Å². The average molecular weight is 356 g/mol. The number of nitrogens with one attached hydrogen (secondary N) is 1. The molecule has 3 heterocycles. The van der Waals surface area contributed by atoms with Gasteiger partial charge in [-0.3, -0.25) is 4.98 Å². The van der Waals surface area contributed by atoms with Gasteiger partial charge in [-0.25, -0.2) is 9.97 Å². The van der Waals surface area contributed by atoms with Crippen LogP contribution >= 0.6 is 12.2 Å². The van der Waals surface area contributed by atoms with E-state index in [0.29, 0.717) is 0 Å². The summed E-state index contributed by atoms with van der Waals surface area (Å²) in [5.74, 6) is 1.79. The van der Waals surface area contributed by atoms with E-state index in [1.54, 1.807) is 0 Å². The Morgan fingerprint density at radius 3 is 2.40 bits per heavy atom. The smallest absolute Gasteiger partial charge is 0.174 e. The predicted octanol–water partition coefficient (Wildman–Crippen LogP) is 2.62. The van der Waals surface area contributed by atoms with Gasteiger partial charge in [0.25, 0.3) is 0 Å². The van der Waals surface area contributed by atoms with Crippen LogP contribution in [-0.2, 0) is 0 Å². The lowest BCUT2D eigenvalue weighted by atomic mass is 10.2. The summed E-state index contributed by atoms with van der Waals surface area (Å²) in [6.45, 7) is 11.5. The molecule has 7 heteroatoms. The van der Waals surface area contributed by atoms with Crippen LogP contribution in [0.2, 0.25) is 0 Å². The Morgan fingerprint density at radius 2 is 1.72 bits per heavy atom. The van der Waals surface area contributed by atoms with Gasteiger partial charge in [-0.05, 0) is 57.6 Å². The SMILES string of the molecule is Cc1cc(C)nc(NC(=S)N2CCN(c3nc(C)cnc3C)CC2)c1. The second kappa shape index (κ2) is 7.31. The number of nitrogens with zero attached hydrogens (tertiary/aromatic N) is 5. The summed E-state index contributed by atoms with van der Waals surface area (Å²) in [4.78, 5) is 18.0. The van der Waals surface area contributed by atoms with Crippen molar-refractivity contribution in [3.8, 4) is 0 Å². The molecule has 132 valence electrons. The number of thiocarbonyl (C=S) groups is 1. The number of anilines is 2. The highest BCUT2D eigenvalue weighted by Gasteiger charge is 2.21. The van der Waals surface area contributed by atoms with E-state index in [1.165, 1.54) is 5.56 Å². The maximum absolute atomic E-state index is 5.57. The summed E-state index contributed by atoms with van der Waals surface area (Å²) in [6, 6.07) is 4.07. The van der Waals surface area contributed by atoms with E-state index in [9.17, 15) is 0 Å². The van der Waals surface area contributed by atoms with E-state index in [0.717, 1.165) is 60.0 Å². The quantitative estimate of drug-likeness (QED) is 0.830. The number of aryl methyl sites for hydroxylation is 4. The molecule has 2 aromatic heterocycles. The molecule has 0 aromatic carbocycles. The molecule has 0 unspecified atom stereocenters. The van der Waals surface area contributed by atoms with Gasteiger partial charge in [0.15, 0.2) is 5.11 Å². The van der Waals surface area contributed by atoms with Crippen LogP contribution < -0.4 is 10.2 Å². The first-order chi connectivity index (χ1) is 11.9. The summed E-state index contributed by atoms with van der Waals surface area (Å²) in [5, 5.41) is 3.99. The van der Waals surface area contributed by atoms with Crippen molar-refractivity contribution >= 4 is 29.0 Å². The first-order valence-electron chi connectivity index (χ1n) is 8.49. The van der Waals surface area contributed by atoms with Gasteiger partial charge >= 0.3 is 0 Å². The maximum Gasteiger partial charge on any atom is 0.174 e. The van der Waals surface area contributed by atoms with Crippen LogP contribution in [0.3, 0.4) is 0 Å². The van der Waals surface area contributed by atoms with Gasteiger partial charge in [0.1, 0.15) is 11.6 Å². The molecule has 0 spiro atoms. The lowest BCUT2D eigenvalue weighted by molar-refractivity contribution is 0.389. The number of rotatable bonds is 2. The topological polar surface area (TPSA) is 57.2 Å². The van der Waals surface area contributed by atoms with Crippen LogP contribution in [0.1, 0.15) is 22.6 Å². The van der Waals surface area contributed by atoms with Gasteiger partial charge < -0.3 is 15.1 Å². The van der Waals surface area contributed by atoms with Crippen LogP contribution in [0.4, 0.5) is 11.6 Å². The van der Waals surface area contributed by atoms with Crippen molar-refractivity contribution in [3.63, 3.8) is 0 Å². The molecular formula is C18H24N6S. The fourth-order valence-electron chi connectivity index (χ4n) is 3.04. The fraction of sp³-hybridized carbons (Fsp3) is 0.444. The van der Waals surface area contributed by atoms with Crippen LogP contribution in [0.15, 0.2) is 18.3 Å². The Labute approximate surface area is 154 Å². The van der Waals surface area contributed by atoms with Gasteiger partial charge in [0.05, 0.1) is 11.4 Å². The minimum Gasteiger partial charge on any atom is -0.352 e. The molecule has 1 aliphatic rings. The van der Waals surface area contributed by atoms with Gasteiger partial charge in [0.2, 0.25) is 0 Å². The first kappa shape index (κ1) is 17.5. The normalized spacial score (nSPS) is 14.6. The lowest BCUT2D eigenvalue weighted by Crippen LogP contribution is -2.50. The Morgan fingerprint density at radius 1 is 1.00 bits per heavy atom. The summed E-state index contributed by atoms with van der Waals surface area (Å²) in [7, 11) is 0. The lowest BCUT2D eigenvalue weighted by Gasteiger charge is -2.37. The van der Waals surface area contributed by atoms with Gasteiger partial charge in [-0.2, -0.15) is 0 Å². The molecule has 0 radical (unpaired) electrons. The highest BCUT2D eigenvalue weighted by Crippen LogP contribution is 2.18. The van der Waals surface area contributed by atoms with E-state index in [2.05, 4.69) is 43.1 Å². The molecule has 1 aliphatic heterocycles. The highest BCUT2D eigenvalue weighted by atomic mass is 32.1. The molecular weight excluding hydrogens is 332 g/mol. The Balaban J connectivity index is 1.61. The summed E-state index contributed by atoms with van der Waals surface area (Å²) in [6.07, 6.45) is 1.81. The molecule has 0 aliphatic carbocycles. The predicted molar refractivity (Wildman–Crippen MR) is 105 cm³/mol. The van der Waals surface area contributed by atoms with Gasteiger partial charge in [-0.15, -0.1) is 0 Å². The molecule has 1 fully saturated rings. The minimum atomic E-state index is 0.726. The van der Waals surface area contributed by atoms with Crippen LogP contribution in [-0.4, -0.2) is 51.1 Å². The maximum atomic E-state index is 5.57. The summed E-state index contributed by atoms with van der Waals surface area (Å²) in [5.41, 5.74) is 4.08. The van der Waals surface area contributed by atoms with Crippen molar-refractivity contribution in [3.05, 3.63) is 41.0 Å². The monoisotopic (exact) mass is 356 g/mol. The number of hydrogen-bond donors (Lipinski definition) is 1. The second-order valence-electron chi connectivity index (χ2n) is 6.50. The number of pyridine rings is 1. The van der Waals surface area contributed by atoms with Crippen LogP contribution in [0, 0.1) is 27.7 Å². The minimum absolute atomic E-state index is 0.726. The van der Waals surface area contributed by atoms with Crippen molar-refractivity contribution in [1.82, 2.24) is 19.9 Å². The molecule has 0 atom stereocenters. The number of piperazine rings is 1. The molecule has 6 nitrogen and oxygen atoms in total. The van der Waals surface area contributed by atoms with E-state index < -0.39 is 0 Å². The van der Waals surface area contributed by atoms with Crippen molar-refractivity contribution < 1.29 is 0 Å². The summed E-state index contributed by atoms with van der Waals surface area (Å²) >= 11 is 5.57. The highest BCUT2D eigenvalue weighted by molar-refractivity contribution is 7.80. The largest absolute Gasteiger partial charge is 0.352 e. The van der Waals surface area contributed by atoms with Crippen molar-refractivity contribution in [2.24, 2.45) is 0 Å². The van der Waals surface area contributed by atoms with Crippen molar-refractivity contribution in [2.45, 2.75) is 27.7 Å². The van der Waals surface area contributed by atoms with Crippen molar-refractivity contribution in [2.75, 3.05) is 36.4 Å². The molecule has 0 bridgehead atoms. The average Bonchev–Trinajstić information content (AvgIpc) is 2.56. The molecule has 1 saturated heterocycles. The Kier molecular flexibility index (Phi) is 5.13. The number of hydrogen-bond acceptors (Lipinski definition) is 5. The van der Waals surface area contributed by atoms with Gasteiger partial charge in [-0.1, -0.05) is 0 Å².